The third-order valence-electron chi connectivity index (χ3n) is 1.93. The van der Waals surface area contributed by atoms with Gasteiger partial charge in [-0.1, -0.05) is 30.0 Å². The Hall–Kier alpha value is -1.95. The molecule has 0 unspecified atom stereocenters. The van der Waals surface area contributed by atoms with Crippen LogP contribution in [0.3, 0.4) is 0 Å². The van der Waals surface area contributed by atoms with Gasteiger partial charge in [0.25, 0.3) is 0 Å². The molecule has 4 N–H and O–H groups in total. The van der Waals surface area contributed by atoms with Crippen LogP contribution in [0.15, 0.2) is 40.3 Å². The average Bonchev–Trinajstić information content (AvgIpc) is 2.61. The Kier molecular flexibility index (Phi) is 2.82. The summed E-state index contributed by atoms with van der Waals surface area (Å²) in [5.74, 6) is -1.00. The van der Waals surface area contributed by atoms with Crippen molar-refractivity contribution >= 4 is 23.5 Å². The number of aromatic nitrogens is 2. The minimum Gasteiger partial charge on any atom is -0.477 e. The number of carbonyl (C=O) groups is 1. The first kappa shape index (κ1) is 10.6. The van der Waals surface area contributed by atoms with Crippen molar-refractivity contribution in [3.8, 4) is 0 Å². The summed E-state index contributed by atoms with van der Waals surface area (Å²) < 4.78 is 0. The largest absolute Gasteiger partial charge is 0.477 e. The summed E-state index contributed by atoms with van der Waals surface area (Å²) >= 11 is 1.26. The van der Waals surface area contributed by atoms with Crippen molar-refractivity contribution in [3.05, 3.63) is 35.9 Å². The molecule has 0 spiro atoms. The molecule has 0 fully saturated rings. The number of nitrogens with two attached hydrogens (primary N) is 1. The lowest BCUT2D eigenvalue weighted by Gasteiger charge is -1.98. The van der Waals surface area contributed by atoms with E-state index in [1.807, 2.05) is 30.3 Å². The molecule has 0 aliphatic carbocycles. The lowest BCUT2D eigenvalue weighted by Crippen LogP contribution is -2.00. The number of aromatic amines is 1. The Labute approximate surface area is 95.7 Å². The monoisotopic (exact) mass is 235 g/mol. The summed E-state index contributed by atoms with van der Waals surface area (Å²) in [6, 6.07) is 9.39. The zero-order valence-electron chi connectivity index (χ0n) is 8.18. The smallest absolute Gasteiger partial charge is 0.342 e. The number of hydrogen-bond acceptors (Lipinski definition) is 4. The molecule has 1 aromatic carbocycles. The van der Waals surface area contributed by atoms with Crippen LogP contribution >= 0.6 is 11.8 Å². The zero-order valence-corrected chi connectivity index (χ0v) is 8.99. The molecule has 1 aromatic heterocycles. The van der Waals surface area contributed by atoms with Gasteiger partial charge in [-0.15, -0.1) is 0 Å². The predicted octanol–water partition coefficient (Wildman–Crippen LogP) is 1.84. The summed E-state index contributed by atoms with van der Waals surface area (Å²) in [5, 5.41) is 15.7. The quantitative estimate of drug-likeness (QED) is 0.755. The first-order chi connectivity index (χ1) is 7.68. The molecule has 6 heteroatoms. The van der Waals surface area contributed by atoms with Crippen molar-refractivity contribution in [2.75, 3.05) is 5.73 Å². The van der Waals surface area contributed by atoms with E-state index in [0.717, 1.165) is 4.90 Å². The van der Waals surface area contributed by atoms with Gasteiger partial charge in [0.15, 0.2) is 0 Å². The molecule has 16 heavy (non-hydrogen) atoms. The predicted molar refractivity (Wildman–Crippen MR) is 60.5 cm³/mol. The van der Waals surface area contributed by atoms with E-state index in [1.54, 1.807) is 0 Å². The molecule has 0 amide bonds. The Bertz CT molecular complexity index is 510. The van der Waals surface area contributed by atoms with Gasteiger partial charge in [0.1, 0.15) is 16.4 Å². The Morgan fingerprint density at radius 1 is 1.38 bits per heavy atom. The van der Waals surface area contributed by atoms with Gasteiger partial charge < -0.3 is 10.8 Å². The molecular weight excluding hydrogens is 226 g/mol. The van der Waals surface area contributed by atoms with E-state index >= 15 is 0 Å². The summed E-state index contributed by atoms with van der Waals surface area (Å²) in [6.45, 7) is 0. The van der Waals surface area contributed by atoms with Gasteiger partial charge in [-0.3, -0.25) is 5.10 Å². The molecule has 0 radical (unpaired) electrons. The molecular formula is C10H9N3O2S. The van der Waals surface area contributed by atoms with Gasteiger partial charge in [0.2, 0.25) is 0 Å². The average molecular weight is 235 g/mol. The number of carboxylic acids is 1. The number of hydrogen-bond donors (Lipinski definition) is 3. The van der Waals surface area contributed by atoms with Gasteiger partial charge in [-0.05, 0) is 12.1 Å². The number of benzene rings is 1. The van der Waals surface area contributed by atoms with E-state index < -0.39 is 5.97 Å². The van der Waals surface area contributed by atoms with E-state index in [0.29, 0.717) is 5.03 Å². The lowest BCUT2D eigenvalue weighted by molar-refractivity contribution is 0.0694. The maximum absolute atomic E-state index is 10.9. The van der Waals surface area contributed by atoms with Crippen molar-refractivity contribution in [2.24, 2.45) is 0 Å². The second-order valence-corrected chi connectivity index (χ2v) is 4.10. The fourth-order valence-corrected chi connectivity index (χ4v) is 2.13. The fourth-order valence-electron chi connectivity index (χ4n) is 1.22. The molecule has 2 rings (SSSR count). The number of nitrogens with zero attached hydrogens (tertiary/aromatic N) is 1. The first-order valence-corrected chi connectivity index (χ1v) is 5.30. The van der Waals surface area contributed by atoms with E-state index in [9.17, 15) is 4.79 Å². The molecule has 5 nitrogen and oxygen atoms in total. The summed E-state index contributed by atoms with van der Waals surface area (Å²) in [5.41, 5.74) is 5.51. The number of nitrogen functional groups attached to an aromatic ring is 1. The molecule has 2 aromatic rings. The fraction of sp³-hybridized carbons (Fsp3) is 0. The van der Waals surface area contributed by atoms with Crippen molar-refractivity contribution < 1.29 is 9.90 Å². The highest BCUT2D eigenvalue weighted by Crippen LogP contribution is 2.30. The molecule has 0 saturated heterocycles. The molecule has 82 valence electrons. The van der Waals surface area contributed by atoms with Gasteiger partial charge in [0, 0.05) is 4.90 Å². The number of aromatic carboxylic acids is 1. The van der Waals surface area contributed by atoms with Crippen LogP contribution in [0.25, 0.3) is 0 Å². The van der Waals surface area contributed by atoms with Gasteiger partial charge in [-0.25, -0.2) is 4.79 Å². The van der Waals surface area contributed by atoms with Crippen molar-refractivity contribution in [2.45, 2.75) is 9.92 Å². The molecule has 0 aliphatic heterocycles. The van der Waals surface area contributed by atoms with E-state index in [1.165, 1.54) is 11.8 Å². The first-order valence-electron chi connectivity index (χ1n) is 4.48. The SMILES string of the molecule is Nc1[nH]nc(Sc2ccccc2)c1C(=O)O. The van der Waals surface area contributed by atoms with Gasteiger partial charge >= 0.3 is 5.97 Å². The number of carboxylic acid groups (broad SMARTS) is 1. The number of rotatable bonds is 3. The van der Waals surface area contributed by atoms with Crippen LogP contribution in [-0.2, 0) is 0 Å². The molecule has 0 bridgehead atoms. The van der Waals surface area contributed by atoms with Crippen molar-refractivity contribution in [3.63, 3.8) is 0 Å². The van der Waals surface area contributed by atoms with Crippen molar-refractivity contribution in [1.82, 2.24) is 10.2 Å². The third-order valence-corrected chi connectivity index (χ3v) is 2.93. The van der Waals surface area contributed by atoms with E-state index in [-0.39, 0.29) is 11.4 Å². The Balaban J connectivity index is 2.32. The Morgan fingerprint density at radius 2 is 2.06 bits per heavy atom. The van der Waals surface area contributed by atoms with Crippen LogP contribution in [-0.4, -0.2) is 21.3 Å². The zero-order chi connectivity index (χ0) is 11.5. The summed E-state index contributed by atoms with van der Waals surface area (Å²) in [4.78, 5) is 11.9. The second kappa shape index (κ2) is 4.28. The van der Waals surface area contributed by atoms with E-state index in [2.05, 4.69) is 10.2 Å². The van der Waals surface area contributed by atoms with Crippen LogP contribution < -0.4 is 5.73 Å². The summed E-state index contributed by atoms with van der Waals surface area (Å²) in [6.07, 6.45) is 0. The van der Waals surface area contributed by atoms with Gasteiger partial charge in [-0.2, -0.15) is 5.10 Å². The molecule has 0 saturated carbocycles. The number of anilines is 1. The Morgan fingerprint density at radius 3 is 2.69 bits per heavy atom. The minimum atomic E-state index is -1.08. The van der Waals surface area contributed by atoms with Crippen LogP contribution in [0, 0.1) is 0 Å². The highest BCUT2D eigenvalue weighted by Gasteiger charge is 2.18. The highest BCUT2D eigenvalue weighted by atomic mass is 32.2. The maximum Gasteiger partial charge on any atom is 0.342 e. The molecule has 0 atom stereocenters. The highest BCUT2D eigenvalue weighted by molar-refractivity contribution is 7.99. The minimum absolute atomic E-state index is 0.0221. The normalized spacial score (nSPS) is 10.2. The maximum atomic E-state index is 10.9. The second-order valence-electron chi connectivity index (χ2n) is 3.04. The van der Waals surface area contributed by atoms with Gasteiger partial charge in [0.05, 0.1) is 0 Å². The molecule has 1 heterocycles. The standard InChI is InChI=1S/C10H9N3O2S/c11-8-7(10(14)15)9(13-12-8)16-6-4-2-1-3-5-6/h1-5H,(H,14,15)(H3,11,12,13). The topological polar surface area (TPSA) is 92.0 Å². The molecule has 0 aliphatic rings. The summed E-state index contributed by atoms with van der Waals surface area (Å²) in [7, 11) is 0. The lowest BCUT2D eigenvalue weighted by atomic mass is 10.3. The van der Waals surface area contributed by atoms with Crippen LogP contribution in [0.2, 0.25) is 0 Å². The number of H-pyrrole nitrogens is 1. The number of nitrogens with one attached hydrogen (secondary N) is 1. The third kappa shape index (κ3) is 2.01. The van der Waals surface area contributed by atoms with Crippen molar-refractivity contribution in [1.29, 1.82) is 0 Å². The van der Waals surface area contributed by atoms with Crippen LogP contribution in [0.5, 0.6) is 0 Å². The van der Waals surface area contributed by atoms with Crippen LogP contribution in [0.4, 0.5) is 5.82 Å². The van der Waals surface area contributed by atoms with E-state index in [4.69, 9.17) is 10.8 Å². The van der Waals surface area contributed by atoms with Crippen LogP contribution in [0.1, 0.15) is 10.4 Å².